The van der Waals surface area contributed by atoms with Crippen LogP contribution in [0.5, 0.6) is 0 Å². The zero-order chi connectivity index (χ0) is 22.3. The molecule has 3 aromatic carbocycles. The Hall–Kier alpha value is -3.40. The molecule has 0 heterocycles. The third kappa shape index (κ3) is 5.21. The summed E-state index contributed by atoms with van der Waals surface area (Å²) in [6.07, 6.45) is 8.49. The molecular formula is C28H25NOS. The van der Waals surface area contributed by atoms with Gasteiger partial charge in [0.25, 0.3) is 0 Å². The van der Waals surface area contributed by atoms with Crippen molar-refractivity contribution < 1.29 is 4.21 Å². The van der Waals surface area contributed by atoms with E-state index in [2.05, 4.69) is 18.1 Å². The van der Waals surface area contributed by atoms with Crippen LogP contribution in [0.3, 0.4) is 0 Å². The van der Waals surface area contributed by atoms with Gasteiger partial charge in [0, 0.05) is 16.2 Å². The van der Waals surface area contributed by atoms with Crippen LogP contribution in [0.15, 0.2) is 94.2 Å². The Balaban J connectivity index is 2.06. The Morgan fingerprint density at radius 2 is 1.68 bits per heavy atom. The van der Waals surface area contributed by atoms with Gasteiger partial charge in [-0.3, -0.25) is 0 Å². The molecule has 0 aliphatic heterocycles. The molecule has 0 aliphatic rings. The second-order valence-electron chi connectivity index (χ2n) is 7.73. The molecule has 3 heteroatoms. The van der Waals surface area contributed by atoms with Crippen molar-refractivity contribution in [3.05, 3.63) is 101 Å². The van der Waals surface area contributed by atoms with E-state index >= 15 is 0 Å². The van der Waals surface area contributed by atoms with Gasteiger partial charge in [0.05, 0.1) is 22.3 Å². The van der Waals surface area contributed by atoms with Crippen LogP contribution in [0.4, 0.5) is 0 Å². The third-order valence-electron chi connectivity index (χ3n) is 5.25. The van der Waals surface area contributed by atoms with E-state index in [1.807, 2.05) is 92.7 Å². The minimum absolute atomic E-state index is 0.242. The first-order valence-electron chi connectivity index (χ1n) is 10.1. The Labute approximate surface area is 187 Å². The lowest BCUT2D eigenvalue weighted by Crippen LogP contribution is -2.26. The standard InChI is InChI=1S/C28H25NOS/c1-4-18-28(21-29,20-23(3)19-24-10-6-5-7-11-24)26-12-8-9-13-27(26)31(30)25-16-14-22(2)15-17-25/h1,5-17,19H,18,20H2,2-3H3/b23-19-/t28-,31+/m1/s1. The second-order valence-corrected chi connectivity index (χ2v) is 9.18. The average Bonchev–Trinajstić information content (AvgIpc) is 2.79. The van der Waals surface area contributed by atoms with Gasteiger partial charge in [-0.05, 0) is 49.6 Å². The normalized spacial score (nSPS) is 14.1. The highest BCUT2D eigenvalue weighted by Crippen LogP contribution is 2.38. The van der Waals surface area contributed by atoms with Crippen LogP contribution in [-0.2, 0) is 16.2 Å². The molecule has 3 rings (SSSR count). The molecule has 2 nitrogen and oxygen atoms in total. The Bertz CT molecular complexity index is 1180. The summed E-state index contributed by atoms with van der Waals surface area (Å²) in [5.41, 5.74) is 2.99. The number of rotatable bonds is 7. The van der Waals surface area contributed by atoms with Gasteiger partial charge in [0.15, 0.2) is 0 Å². The van der Waals surface area contributed by atoms with E-state index in [-0.39, 0.29) is 6.42 Å². The van der Waals surface area contributed by atoms with Gasteiger partial charge < -0.3 is 0 Å². The summed E-state index contributed by atoms with van der Waals surface area (Å²) in [5, 5.41) is 10.3. The Morgan fingerprint density at radius 1 is 1.03 bits per heavy atom. The zero-order valence-corrected chi connectivity index (χ0v) is 18.7. The maximum absolute atomic E-state index is 13.5. The highest BCUT2D eigenvalue weighted by Gasteiger charge is 2.35. The maximum Gasteiger partial charge on any atom is 0.0979 e. The first-order valence-corrected chi connectivity index (χ1v) is 11.3. The molecule has 0 saturated carbocycles. The van der Waals surface area contributed by atoms with Crippen molar-refractivity contribution in [2.75, 3.05) is 0 Å². The zero-order valence-electron chi connectivity index (χ0n) is 17.8. The van der Waals surface area contributed by atoms with Gasteiger partial charge in [0.2, 0.25) is 0 Å². The average molecular weight is 424 g/mol. The number of benzene rings is 3. The van der Waals surface area contributed by atoms with Crippen molar-refractivity contribution in [2.24, 2.45) is 0 Å². The molecular weight excluding hydrogens is 398 g/mol. The molecule has 31 heavy (non-hydrogen) atoms. The van der Waals surface area contributed by atoms with E-state index in [1.54, 1.807) is 0 Å². The SMILES string of the molecule is C#CC[C@](C#N)(C/C(C)=C\c1ccccc1)c1ccccc1[S@@](=O)c1ccc(C)cc1. The van der Waals surface area contributed by atoms with Gasteiger partial charge in [-0.1, -0.05) is 77.9 Å². The third-order valence-corrected chi connectivity index (χ3v) is 6.70. The van der Waals surface area contributed by atoms with Crippen molar-refractivity contribution in [3.63, 3.8) is 0 Å². The van der Waals surface area contributed by atoms with Crippen molar-refractivity contribution in [1.82, 2.24) is 0 Å². The number of nitrogens with zero attached hydrogens (tertiary/aromatic N) is 1. The van der Waals surface area contributed by atoms with E-state index in [9.17, 15) is 9.47 Å². The molecule has 0 saturated heterocycles. The van der Waals surface area contributed by atoms with Crippen LogP contribution >= 0.6 is 0 Å². The highest BCUT2D eigenvalue weighted by atomic mass is 32.2. The summed E-state index contributed by atoms with van der Waals surface area (Å²) < 4.78 is 13.5. The molecule has 0 radical (unpaired) electrons. The summed E-state index contributed by atoms with van der Waals surface area (Å²) in [5.74, 6) is 2.69. The number of hydrogen-bond donors (Lipinski definition) is 0. The predicted octanol–water partition coefficient (Wildman–Crippen LogP) is 6.44. The van der Waals surface area contributed by atoms with Crippen LogP contribution in [0.25, 0.3) is 6.08 Å². The molecule has 2 atom stereocenters. The van der Waals surface area contributed by atoms with Gasteiger partial charge in [-0.25, -0.2) is 4.21 Å². The van der Waals surface area contributed by atoms with Crippen LogP contribution < -0.4 is 0 Å². The van der Waals surface area contributed by atoms with Crippen molar-refractivity contribution in [2.45, 2.75) is 41.9 Å². The number of nitriles is 1. The molecule has 0 aromatic heterocycles. The minimum Gasteiger partial charge on any atom is -0.249 e. The fourth-order valence-corrected chi connectivity index (χ4v) is 5.04. The summed E-state index contributed by atoms with van der Waals surface area (Å²) in [6.45, 7) is 4.01. The van der Waals surface area contributed by atoms with Gasteiger partial charge in [-0.15, -0.1) is 12.3 Å². The van der Waals surface area contributed by atoms with Crippen LogP contribution in [-0.4, -0.2) is 4.21 Å². The largest absolute Gasteiger partial charge is 0.249 e. The van der Waals surface area contributed by atoms with Gasteiger partial charge in [-0.2, -0.15) is 5.26 Å². The monoisotopic (exact) mass is 423 g/mol. The summed E-state index contributed by atoms with van der Waals surface area (Å²) >= 11 is 0. The van der Waals surface area contributed by atoms with E-state index in [0.29, 0.717) is 16.2 Å². The highest BCUT2D eigenvalue weighted by molar-refractivity contribution is 7.85. The fraction of sp³-hybridized carbons (Fsp3) is 0.179. The summed E-state index contributed by atoms with van der Waals surface area (Å²) in [4.78, 5) is 1.35. The van der Waals surface area contributed by atoms with Gasteiger partial charge in [0.1, 0.15) is 0 Å². The molecule has 0 amide bonds. The summed E-state index contributed by atoms with van der Waals surface area (Å²) in [7, 11) is -1.41. The number of terminal acetylenes is 1. The lowest BCUT2D eigenvalue weighted by molar-refractivity contribution is 0.548. The second kappa shape index (κ2) is 10.1. The van der Waals surface area contributed by atoms with Crippen LogP contribution in [0, 0.1) is 30.6 Å². The molecule has 0 spiro atoms. The smallest absolute Gasteiger partial charge is 0.0979 e. The molecule has 0 fully saturated rings. The number of allylic oxidation sites excluding steroid dienone is 1. The first kappa shape index (κ1) is 22.3. The van der Waals surface area contributed by atoms with Crippen LogP contribution in [0.2, 0.25) is 0 Å². The van der Waals surface area contributed by atoms with E-state index in [4.69, 9.17) is 6.42 Å². The van der Waals surface area contributed by atoms with Crippen LogP contribution in [0.1, 0.15) is 36.5 Å². The molecule has 0 N–H and O–H groups in total. The molecule has 0 bridgehead atoms. The number of hydrogen-bond acceptors (Lipinski definition) is 2. The lowest BCUT2D eigenvalue weighted by atomic mass is 9.74. The van der Waals surface area contributed by atoms with Crippen molar-refractivity contribution in [3.8, 4) is 18.4 Å². The van der Waals surface area contributed by atoms with Gasteiger partial charge >= 0.3 is 0 Å². The topological polar surface area (TPSA) is 40.9 Å². The maximum atomic E-state index is 13.5. The summed E-state index contributed by atoms with van der Waals surface area (Å²) in [6, 6.07) is 27.6. The number of aryl methyl sites for hydroxylation is 1. The minimum atomic E-state index is -1.41. The lowest BCUT2D eigenvalue weighted by Gasteiger charge is -2.28. The fourth-order valence-electron chi connectivity index (χ4n) is 3.74. The van der Waals surface area contributed by atoms with E-state index < -0.39 is 16.2 Å². The molecule has 0 aliphatic carbocycles. The molecule has 154 valence electrons. The Morgan fingerprint density at radius 3 is 2.32 bits per heavy atom. The Kier molecular flexibility index (Phi) is 7.24. The predicted molar refractivity (Wildman–Crippen MR) is 128 cm³/mol. The van der Waals surface area contributed by atoms with E-state index in [1.165, 1.54) is 0 Å². The molecule has 0 unspecified atom stereocenters. The first-order chi connectivity index (χ1) is 15.0. The van der Waals surface area contributed by atoms with Crippen molar-refractivity contribution >= 4 is 16.9 Å². The van der Waals surface area contributed by atoms with Crippen molar-refractivity contribution in [1.29, 1.82) is 5.26 Å². The van der Waals surface area contributed by atoms with E-state index in [0.717, 1.165) is 22.3 Å². The molecule has 3 aromatic rings. The quantitative estimate of drug-likeness (QED) is 0.410.